The number of carbonyl (C=O) groups is 1. The van der Waals surface area contributed by atoms with Crippen LogP contribution in [0.1, 0.15) is 6.92 Å². The molecule has 66 valence electrons. The van der Waals surface area contributed by atoms with Crippen LogP contribution in [0.4, 0.5) is 4.79 Å². The molecule has 0 aromatic rings. The zero-order chi connectivity index (χ0) is 8.69. The first-order valence-electron chi connectivity index (χ1n) is 3.87. The van der Waals surface area contributed by atoms with Gasteiger partial charge in [-0.05, 0) is 14.0 Å². The minimum Gasteiger partial charge on any atom is -0.341 e. The standard InChI is InChI=1S/C7H17N3O/c1-4-10(6-5-8-2)7(11)9-3/h8H,4-6H2,1-3H3,(H,9,11). The molecule has 0 aliphatic carbocycles. The van der Waals surface area contributed by atoms with Gasteiger partial charge in [0.05, 0.1) is 0 Å². The molecule has 0 heterocycles. The van der Waals surface area contributed by atoms with E-state index in [-0.39, 0.29) is 6.03 Å². The van der Waals surface area contributed by atoms with Gasteiger partial charge in [-0.2, -0.15) is 0 Å². The second-order valence-corrected chi connectivity index (χ2v) is 2.24. The quantitative estimate of drug-likeness (QED) is 0.600. The first-order valence-corrected chi connectivity index (χ1v) is 3.87. The van der Waals surface area contributed by atoms with Crippen LogP contribution in [0.15, 0.2) is 0 Å². The molecule has 2 amide bonds. The highest BCUT2D eigenvalue weighted by Gasteiger charge is 2.06. The molecule has 4 nitrogen and oxygen atoms in total. The average Bonchev–Trinajstić information content (AvgIpc) is 2.05. The predicted octanol–water partition coefficient (Wildman–Crippen LogP) is -0.133. The van der Waals surface area contributed by atoms with Crippen molar-refractivity contribution in [1.29, 1.82) is 0 Å². The molecule has 2 N–H and O–H groups in total. The molecule has 0 aromatic carbocycles. The molecule has 0 unspecified atom stereocenters. The van der Waals surface area contributed by atoms with Crippen molar-refractivity contribution in [3.8, 4) is 0 Å². The number of hydrogen-bond acceptors (Lipinski definition) is 2. The van der Waals surface area contributed by atoms with E-state index in [1.807, 2.05) is 14.0 Å². The summed E-state index contributed by atoms with van der Waals surface area (Å²) in [5, 5.41) is 5.57. The van der Waals surface area contributed by atoms with Crippen LogP contribution < -0.4 is 10.6 Å². The van der Waals surface area contributed by atoms with Gasteiger partial charge >= 0.3 is 6.03 Å². The van der Waals surface area contributed by atoms with Crippen LogP contribution in [-0.4, -0.2) is 44.7 Å². The third kappa shape index (κ3) is 3.83. The zero-order valence-corrected chi connectivity index (χ0v) is 7.48. The summed E-state index contributed by atoms with van der Waals surface area (Å²) >= 11 is 0. The van der Waals surface area contributed by atoms with Gasteiger partial charge in [0.15, 0.2) is 0 Å². The highest BCUT2D eigenvalue weighted by molar-refractivity contribution is 5.73. The van der Waals surface area contributed by atoms with Crippen LogP contribution in [0.5, 0.6) is 0 Å². The number of amides is 2. The average molecular weight is 159 g/mol. The fourth-order valence-electron chi connectivity index (χ4n) is 0.808. The van der Waals surface area contributed by atoms with Crippen molar-refractivity contribution in [3.05, 3.63) is 0 Å². The lowest BCUT2D eigenvalue weighted by molar-refractivity contribution is 0.203. The van der Waals surface area contributed by atoms with E-state index in [0.29, 0.717) is 0 Å². The zero-order valence-electron chi connectivity index (χ0n) is 7.48. The third-order valence-electron chi connectivity index (χ3n) is 1.51. The Bertz CT molecular complexity index is 116. The normalized spacial score (nSPS) is 9.36. The molecule has 0 bridgehead atoms. The van der Waals surface area contributed by atoms with Crippen molar-refractivity contribution in [2.45, 2.75) is 6.92 Å². The Morgan fingerprint density at radius 1 is 1.45 bits per heavy atom. The summed E-state index contributed by atoms with van der Waals surface area (Å²) < 4.78 is 0. The minimum absolute atomic E-state index is 0.0113. The van der Waals surface area contributed by atoms with Crippen molar-refractivity contribution in [2.75, 3.05) is 33.7 Å². The van der Waals surface area contributed by atoms with Gasteiger partial charge in [0.2, 0.25) is 0 Å². The van der Waals surface area contributed by atoms with Gasteiger partial charge in [-0.15, -0.1) is 0 Å². The summed E-state index contributed by atoms with van der Waals surface area (Å²) in [4.78, 5) is 12.8. The molecule has 0 rings (SSSR count). The first-order chi connectivity index (χ1) is 5.26. The maximum atomic E-state index is 11.0. The molecule has 0 saturated heterocycles. The number of likely N-dealkylation sites (N-methyl/N-ethyl adjacent to an activating group) is 2. The SMILES string of the molecule is CCN(CCNC)C(=O)NC. The largest absolute Gasteiger partial charge is 0.341 e. The number of nitrogens with zero attached hydrogens (tertiary/aromatic N) is 1. The monoisotopic (exact) mass is 159 g/mol. The summed E-state index contributed by atoms with van der Waals surface area (Å²) in [6.07, 6.45) is 0. The van der Waals surface area contributed by atoms with E-state index in [2.05, 4.69) is 10.6 Å². The fraction of sp³-hybridized carbons (Fsp3) is 0.857. The molecule has 4 heteroatoms. The van der Waals surface area contributed by atoms with Gasteiger partial charge in [-0.3, -0.25) is 0 Å². The van der Waals surface area contributed by atoms with E-state index < -0.39 is 0 Å². The lowest BCUT2D eigenvalue weighted by Gasteiger charge is -2.19. The Hall–Kier alpha value is -0.770. The van der Waals surface area contributed by atoms with E-state index in [1.54, 1.807) is 11.9 Å². The Balaban J connectivity index is 3.65. The lowest BCUT2D eigenvalue weighted by atomic mass is 10.5. The van der Waals surface area contributed by atoms with Gasteiger partial charge in [0.1, 0.15) is 0 Å². The molecule has 0 radical (unpaired) electrons. The molecule has 0 fully saturated rings. The van der Waals surface area contributed by atoms with Crippen LogP contribution in [0, 0.1) is 0 Å². The van der Waals surface area contributed by atoms with Gasteiger partial charge < -0.3 is 15.5 Å². The van der Waals surface area contributed by atoms with Gasteiger partial charge in [0.25, 0.3) is 0 Å². The topological polar surface area (TPSA) is 44.4 Å². The summed E-state index contributed by atoms with van der Waals surface area (Å²) in [5.41, 5.74) is 0. The van der Waals surface area contributed by atoms with Crippen LogP contribution >= 0.6 is 0 Å². The van der Waals surface area contributed by atoms with Gasteiger partial charge in [-0.25, -0.2) is 4.79 Å². The molecular formula is C7H17N3O. The molecule has 0 aliphatic rings. The van der Waals surface area contributed by atoms with E-state index in [9.17, 15) is 4.79 Å². The molecule has 11 heavy (non-hydrogen) atoms. The molecular weight excluding hydrogens is 142 g/mol. The molecule has 0 spiro atoms. The number of carbonyl (C=O) groups excluding carboxylic acids is 1. The lowest BCUT2D eigenvalue weighted by Crippen LogP contribution is -2.41. The summed E-state index contributed by atoms with van der Waals surface area (Å²) in [6.45, 7) is 4.31. The highest BCUT2D eigenvalue weighted by atomic mass is 16.2. The Kier molecular flexibility index (Phi) is 5.56. The van der Waals surface area contributed by atoms with E-state index in [1.165, 1.54) is 0 Å². The summed E-state index contributed by atoms with van der Waals surface area (Å²) in [6, 6.07) is -0.0113. The van der Waals surface area contributed by atoms with Crippen molar-refractivity contribution in [1.82, 2.24) is 15.5 Å². The van der Waals surface area contributed by atoms with E-state index in [0.717, 1.165) is 19.6 Å². The Morgan fingerprint density at radius 3 is 2.45 bits per heavy atom. The number of urea groups is 1. The minimum atomic E-state index is -0.0113. The van der Waals surface area contributed by atoms with Crippen LogP contribution in [0.3, 0.4) is 0 Å². The number of hydrogen-bond donors (Lipinski definition) is 2. The van der Waals surface area contributed by atoms with Crippen LogP contribution in [0.2, 0.25) is 0 Å². The second kappa shape index (κ2) is 5.97. The van der Waals surface area contributed by atoms with Crippen LogP contribution in [-0.2, 0) is 0 Å². The van der Waals surface area contributed by atoms with Crippen LogP contribution in [0.25, 0.3) is 0 Å². The van der Waals surface area contributed by atoms with Gasteiger partial charge in [0, 0.05) is 26.7 Å². The third-order valence-corrected chi connectivity index (χ3v) is 1.51. The molecule has 0 aliphatic heterocycles. The number of nitrogens with one attached hydrogen (secondary N) is 2. The fourth-order valence-corrected chi connectivity index (χ4v) is 0.808. The van der Waals surface area contributed by atoms with Gasteiger partial charge in [-0.1, -0.05) is 0 Å². The summed E-state index contributed by atoms with van der Waals surface area (Å²) in [7, 11) is 3.52. The Morgan fingerprint density at radius 2 is 2.09 bits per heavy atom. The van der Waals surface area contributed by atoms with Crippen molar-refractivity contribution in [2.24, 2.45) is 0 Å². The first kappa shape index (κ1) is 10.2. The molecule has 0 aromatic heterocycles. The highest BCUT2D eigenvalue weighted by Crippen LogP contribution is 1.86. The van der Waals surface area contributed by atoms with E-state index >= 15 is 0 Å². The number of rotatable bonds is 4. The van der Waals surface area contributed by atoms with Crippen molar-refractivity contribution in [3.63, 3.8) is 0 Å². The maximum absolute atomic E-state index is 11.0. The van der Waals surface area contributed by atoms with Crippen molar-refractivity contribution >= 4 is 6.03 Å². The second-order valence-electron chi connectivity index (χ2n) is 2.24. The van der Waals surface area contributed by atoms with Crippen molar-refractivity contribution < 1.29 is 4.79 Å². The maximum Gasteiger partial charge on any atom is 0.317 e. The molecule has 0 saturated carbocycles. The van der Waals surface area contributed by atoms with E-state index in [4.69, 9.17) is 0 Å². The molecule has 0 atom stereocenters. The summed E-state index contributed by atoms with van der Waals surface area (Å²) in [5.74, 6) is 0. The predicted molar refractivity (Wildman–Crippen MR) is 45.6 cm³/mol. The Labute approximate surface area is 67.9 Å². The smallest absolute Gasteiger partial charge is 0.317 e.